The average Bonchev–Trinajstić information content (AvgIpc) is 2.28. The van der Waals surface area contributed by atoms with Crippen LogP contribution in [-0.4, -0.2) is 19.0 Å². The normalized spacial score (nSPS) is 19.1. The van der Waals surface area contributed by atoms with Crippen molar-refractivity contribution in [3.63, 3.8) is 0 Å². The Bertz CT molecular complexity index is 392. The maximum absolute atomic E-state index is 11.3. The van der Waals surface area contributed by atoms with Crippen LogP contribution in [0.4, 0.5) is 5.69 Å². The molecule has 0 radical (unpaired) electrons. The summed E-state index contributed by atoms with van der Waals surface area (Å²) in [5.74, 6) is 5.54. The second kappa shape index (κ2) is 4.53. The van der Waals surface area contributed by atoms with Gasteiger partial charge in [0.25, 0.3) is 5.91 Å². The van der Waals surface area contributed by atoms with Crippen LogP contribution in [-0.2, 0) is 11.2 Å². The van der Waals surface area contributed by atoms with E-state index in [0.717, 1.165) is 18.7 Å². The van der Waals surface area contributed by atoms with E-state index in [1.165, 1.54) is 5.56 Å². The summed E-state index contributed by atoms with van der Waals surface area (Å²) in [7, 11) is 0. The number of anilines is 1. The van der Waals surface area contributed by atoms with Gasteiger partial charge >= 0.3 is 0 Å². The van der Waals surface area contributed by atoms with E-state index in [9.17, 15) is 4.79 Å². The number of para-hydroxylation sites is 1. The second-order valence-electron chi connectivity index (χ2n) is 4.39. The molecule has 0 aliphatic carbocycles. The average molecular weight is 219 g/mol. The SMILES string of the molecule is CC1Cc2ccccc2N(CC(=O)NN)C1. The number of nitrogens with one attached hydrogen (secondary N) is 1. The summed E-state index contributed by atoms with van der Waals surface area (Å²) in [6, 6.07) is 8.23. The van der Waals surface area contributed by atoms with Crippen molar-refractivity contribution in [2.24, 2.45) is 11.8 Å². The van der Waals surface area contributed by atoms with E-state index in [0.29, 0.717) is 12.5 Å². The highest BCUT2D eigenvalue weighted by Gasteiger charge is 2.22. The van der Waals surface area contributed by atoms with Gasteiger partial charge in [-0.2, -0.15) is 0 Å². The zero-order valence-electron chi connectivity index (χ0n) is 9.44. The quantitative estimate of drug-likeness (QED) is 0.437. The van der Waals surface area contributed by atoms with Crippen LogP contribution < -0.4 is 16.2 Å². The Morgan fingerprint density at radius 1 is 1.56 bits per heavy atom. The number of amides is 1. The predicted octanol–water partition coefficient (Wildman–Crippen LogP) is 0.675. The van der Waals surface area contributed by atoms with Gasteiger partial charge < -0.3 is 4.90 Å². The number of carbonyl (C=O) groups excluding carboxylic acids is 1. The maximum atomic E-state index is 11.3. The standard InChI is InChI=1S/C12H17N3O/c1-9-6-10-4-2-3-5-11(10)15(7-9)8-12(16)14-13/h2-5,9H,6-8,13H2,1H3,(H,14,16). The van der Waals surface area contributed by atoms with E-state index < -0.39 is 0 Å². The van der Waals surface area contributed by atoms with Crippen LogP contribution in [0.1, 0.15) is 12.5 Å². The van der Waals surface area contributed by atoms with E-state index in [1.54, 1.807) is 0 Å². The third kappa shape index (κ3) is 2.17. The first-order valence-corrected chi connectivity index (χ1v) is 5.53. The van der Waals surface area contributed by atoms with Gasteiger partial charge in [-0.15, -0.1) is 0 Å². The summed E-state index contributed by atoms with van der Waals surface area (Å²) in [6.07, 6.45) is 1.08. The molecular formula is C12H17N3O. The molecule has 1 unspecified atom stereocenters. The first kappa shape index (κ1) is 11.0. The molecule has 2 rings (SSSR count). The zero-order valence-corrected chi connectivity index (χ0v) is 9.44. The first-order chi connectivity index (χ1) is 7.70. The number of nitrogens with two attached hydrogens (primary N) is 1. The fourth-order valence-electron chi connectivity index (χ4n) is 2.28. The van der Waals surface area contributed by atoms with Crippen molar-refractivity contribution in [1.29, 1.82) is 0 Å². The topological polar surface area (TPSA) is 58.4 Å². The molecule has 0 saturated heterocycles. The van der Waals surface area contributed by atoms with Crippen LogP contribution in [0.15, 0.2) is 24.3 Å². The molecule has 0 saturated carbocycles. The summed E-state index contributed by atoms with van der Waals surface area (Å²) in [5, 5.41) is 0. The van der Waals surface area contributed by atoms with E-state index in [2.05, 4.69) is 29.4 Å². The number of hydrogen-bond acceptors (Lipinski definition) is 3. The minimum atomic E-state index is -0.149. The van der Waals surface area contributed by atoms with E-state index in [1.807, 2.05) is 12.1 Å². The number of rotatable bonds is 2. The third-order valence-corrected chi connectivity index (χ3v) is 2.93. The number of nitrogens with zero attached hydrogens (tertiary/aromatic N) is 1. The van der Waals surface area contributed by atoms with Gasteiger partial charge in [0.05, 0.1) is 6.54 Å². The molecule has 0 bridgehead atoms. The van der Waals surface area contributed by atoms with Crippen molar-refractivity contribution in [3.05, 3.63) is 29.8 Å². The molecular weight excluding hydrogens is 202 g/mol. The molecule has 4 heteroatoms. The molecule has 1 atom stereocenters. The number of fused-ring (bicyclic) bond motifs is 1. The molecule has 86 valence electrons. The predicted molar refractivity (Wildman–Crippen MR) is 63.9 cm³/mol. The molecule has 0 aromatic heterocycles. The minimum Gasteiger partial charge on any atom is -0.362 e. The second-order valence-corrected chi connectivity index (χ2v) is 4.39. The van der Waals surface area contributed by atoms with Crippen LogP contribution in [0, 0.1) is 5.92 Å². The number of hydrogen-bond donors (Lipinski definition) is 2. The summed E-state index contributed by atoms with van der Waals surface area (Å²) in [6.45, 7) is 3.44. The fourth-order valence-corrected chi connectivity index (χ4v) is 2.28. The maximum Gasteiger partial charge on any atom is 0.253 e. The Morgan fingerprint density at radius 2 is 2.31 bits per heavy atom. The molecule has 1 aromatic rings. The van der Waals surface area contributed by atoms with Crippen molar-refractivity contribution in [1.82, 2.24) is 5.43 Å². The van der Waals surface area contributed by atoms with Crippen LogP contribution in [0.2, 0.25) is 0 Å². The molecule has 1 aliphatic rings. The molecule has 1 heterocycles. The molecule has 1 aromatic carbocycles. The lowest BCUT2D eigenvalue weighted by Gasteiger charge is -2.34. The van der Waals surface area contributed by atoms with Gasteiger partial charge in [-0.25, -0.2) is 5.84 Å². The van der Waals surface area contributed by atoms with Crippen molar-refractivity contribution < 1.29 is 4.79 Å². The summed E-state index contributed by atoms with van der Waals surface area (Å²) >= 11 is 0. The molecule has 1 aliphatic heterocycles. The third-order valence-electron chi connectivity index (χ3n) is 2.93. The van der Waals surface area contributed by atoms with Crippen molar-refractivity contribution >= 4 is 11.6 Å². The lowest BCUT2D eigenvalue weighted by molar-refractivity contribution is -0.119. The highest BCUT2D eigenvalue weighted by molar-refractivity contribution is 5.81. The van der Waals surface area contributed by atoms with Crippen LogP contribution in [0.25, 0.3) is 0 Å². The van der Waals surface area contributed by atoms with Crippen LogP contribution in [0.3, 0.4) is 0 Å². The van der Waals surface area contributed by atoms with Gasteiger partial charge in [-0.3, -0.25) is 10.2 Å². The molecule has 3 N–H and O–H groups in total. The summed E-state index contributed by atoms with van der Waals surface area (Å²) in [4.78, 5) is 13.4. The Balaban J connectivity index is 2.23. The number of carbonyl (C=O) groups is 1. The highest BCUT2D eigenvalue weighted by atomic mass is 16.2. The molecule has 0 spiro atoms. The molecule has 1 amide bonds. The highest BCUT2D eigenvalue weighted by Crippen LogP contribution is 2.28. The number of benzene rings is 1. The van der Waals surface area contributed by atoms with Gasteiger partial charge in [0.15, 0.2) is 0 Å². The Kier molecular flexibility index (Phi) is 3.10. The lowest BCUT2D eigenvalue weighted by Crippen LogP contribution is -2.44. The van der Waals surface area contributed by atoms with Gasteiger partial charge in [-0.05, 0) is 24.0 Å². The molecule has 0 fully saturated rings. The van der Waals surface area contributed by atoms with E-state index in [4.69, 9.17) is 5.84 Å². The number of hydrazine groups is 1. The van der Waals surface area contributed by atoms with Gasteiger partial charge in [0.1, 0.15) is 0 Å². The van der Waals surface area contributed by atoms with E-state index in [-0.39, 0.29) is 5.91 Å². The monoisotopic (exact) mass is 219 g/mol. The Morgan fingerprint density at radius 3 is 3.06 bits per heavy atom. The summed E-state index contributed by atoms with van der Waals surface area (Å²) < 4.78 is 0. The fraction of sp³-hybridized carbons (Fsp3) is 0.417. The van der Waals surface area contributed by atoms with Crippen molar-refractivity contribution in [3.8, 4) is 0 Å². The van der Waals surface area contributed by atoms with Gasteiger partial charge in [-0.1, -0.05) is 25.1 Å². The van der Waals surface area contributed by atoms with Crippen LogP contribution >= 0.6 is 0 Å². The van der Waals surface area contributed by atoms with Gasteiger partial charge in [0, 0.05) is 12.2 Å². The van der Waals surface area contributed by atoms with Crippen molar-refractivity contribution in [2.75, 3.05) is 18.0 Å². The van der Waals surface area contributed by atoms with E-state index >= 15 is 0 Å². The largest absolute Gasteiger partial charge is 0.362 e. The molecule has 16 heavy (non-hydrogen) atoms. The smallest absolute Gasteiger partial charge is 0.253 e. The van der Waals surface area contributed by atoms with Gasteiger partial charge in [0.2, 0.25) is 0 Å². The van der Waals surface area contributed by atoms with Crippen LogP contribution in [0.5, 0.6) is 0 Å². The van der Waals surface area contributed by atoms with Crippen molar-refractivity contribution in [2.45, 2.75) is 13.3 Å². The first-order valence-electron chi connectivity index (χ1n) is 5.53. The zero-order chi connectivity index (χ0) is 11.5. The lowest BCUT2D eigenvalue weighted by atomic mass is 9.94. The Hall–Kier alpha value is -1.55. The minimum absolute atomic E-state index is 0.149. The molecule has 4 nitrogen and oxygen atoms in total. The Labute approximate surface area is 95.4 Å². The summed E-state index contributed by atoms with van der Waals surface area (Å²) in [5.41, 5.74) is 4.65.